The summed E-state index contributed by atoms with van der Waals surface area (Å²) < 4.78 is 9.77. The van der Waals surface area contributed by atoms with Crippen molar-refractivity contribution in [2.75, 3.05) is 13.7 Å². The van der Waals surface area contributed by atoms with Gasteiger partial charge in [-0.25, -0.2) is 4.79 Å². The average Bonchev–Trinajstić information content (AvgIpc) is 2.54. The van der Waals surface area contributed by atoms with Crippen LogP contribution in [0.2, 0.25) is 0 Å². The fourth-order valence-electron chi connectivity index (χ4n) is 2.47. The van der Waals surface area contributed by atoms with E-state index in [4.69, 9.17) is 4.74 Å². The molecular weight excluding hydrogens is 296 g/mol. The Morgan fingerprint density at radius 1 is 1.17 bits per heavy atom. The van der Waals surface area contributed by atoms with Gasteiger partial charge in [-0.15, -0.1) is 0 Å². The highest BCUT2D eigenvalue weighted by atomic mass is 16.5. The van der Waals surface area contributed by atoms with Crippen molar-refractivity contribution < 1.29 is 19.1 Å². The summed E-state index contributed by atoms with van der Waals surface area (Å²) in [6.45, 7) is 1.07. The van der Waals surface area contributed by atoms with Crippen LogP contribution in [-0.4, -0.2) is 37.8 Å². The average molecular weight is 320 g/mol. The molecular formula is C17H24N2O4. The minimum Gasteiger partial charge on any atom is -0.469 e. The Labute approximate surface area is 136 Å². The third-order valence-corrected chi connectivity index (χ3v) is 3.89. The predicted octanol–water partition coefficient (Wildman–Crippen LogP) is 1.99. The first kappa shape index (κ1) is 17.3. The molecule has 0 heterocycles. The molecule has 126 valence electrons. The van der Waals surface area contributed by atoms with E-state index in [0.29, 0.717) is 12.5 Å². The molecule has 2 rings (SSSR count). The monoisotopic (exact) mass is 320 g/mol. The summed E-state index contributed by atoms with van der Waals surface area (Å²) in [5.74, 6) is -0.180. The summed E-state index contributed by atoms with van der Waals surface area (Å²) in [5, 5.41) is 6.22. The van der Waals surface area contributed by atoms with Crippen molar-refractivity contribution in [2.24, 2.45) is 0 Å². The van der Waals surface area contributed by atoms with Gasteiger partial charge in [0.15, 0.2) is 0 Å². The lowest BCUT2D eigenvalue weighted by molar-refractivity contribution is -0.140. The van der Waals surface area contributed by atoms with Gasteiger partial charge in [-0.1, -0.05) is 30.3 Å². The molecule has 1 aliphatic carbocycles. The molecule has 0 unspecified atom stereocenters. The summed E-state index contributed by atoms with van der Waals surface area (Å²) in [6, 6.07) is 10.2. The molecule has 1 aliphatic rings. The van der Waals surface area contributed by atoms with Crippen LogP contribution in [0.3, 0.4) is 0 Å². The van der Waals surface area contributed by atoms with Crippen molar-refractivity contribution in [1.82, 2.24) is 10.6 Å². The SMILES string of the molecule is COC(=O)CCCNC1CC(NC(=O)OCc2ccccc2)C1. The van der Waals surface area contributed by atoms with Crippen molar-refractivity contribution in [2.45, 2.75) is 44.4 Å². The zero-order valence-corrected chi connectivity index (χ0v) is 13.4. The van der Waals surface area contributed by atoms with E-state index in [1.165, 1.54) is 7.11 Å². The van der Waals surface area contributed by atoms with Crippen LogP contribution in [0.15, 0.2) is 30.3 Å². The molecule has 0 atom stereocenters. The maximum atomic E-state index is 11.7. The van der Waals surface area contributed by atoms with Crippen LogP contribution in [0, 0.1) is 0 Å². The van der Waals surface area contributed by atoms with Gasteiger partial charge in [-0.3, -0.25) is 4.79 Å². The quantitative estimate of drug-likeness (QED) is 0.566. The molecule has 6 heteroatoms. The van der Waals surface area contributed by atoms with Crippen molar-refractivity contribution in [3.05, 3.63) is 35.9 Å². The lowest BCUT2D eigenvalue weighted by Crippen LogP contribution is -2.52. The van der Waals surface area contributed by atoms with Crippen molar-refractivity contribution in [3.8, 4) is 0 Å². The van der Waals surface area contributed by atoms with Crippen LogP contribution in [0.4, 0.5) is 4.79 Å². The lowest BCUT2D eigenvalue weighted by Gasteiger charge is -2.36. The molecule has 1 aromatic rings. The van der Waals surface area contributed by atoms with E-state index in [2.05, 4.69) is 15.4 Å². The zero-order valence-electron chi connectivity index (χ0n) is 13.4. The van der Waals surface area contributed by atoms with Crippen LogP contribution in [-0.2, 0) is 20.9 Å². The first-order valence-electron chi connectivity index (χ1n) is 7.95. The summed E-state index contributed by atoms with van der Waals surface area (Å²) in [5.41, 5.74) is 0.974. The molecule has 0 spiro atoms. The molecule has 0 radical (unpaired) electrons. The van der Waals surface area contributed by atoms with E-state index < -0.39 is 0 Å². The van der Waals surface area contributed by atoms with Gasteiger partial charge in [0.05, 0.1) is 7.11 Å². The van der Waals surface area contributed by atoms with Gasteiger partial charge in [0.1, 0.15) is 6.61 Å². The largest absolute Gasteiger partial charge is 0.469 e. The normalized spacial score (nSPS) is 19.5. The smallest absolute Gasteiger partial charge is 0.407 e. The maximum absolute atomic E-state index is 11.7. The molecule has 6 nitrogen and oxygen atoms in total. The molecule has 1 fully saturated rings. The van der Waals surface area contributed by atoms with Crippen molar-refractivity contribution >= 4 is 12.1 Å². The number of ether oxygens (including phenoxy) is 2. The highest BCUT2D eigenvalue weighted by molar-refractivity contribution is 5.69. The minimum absolute atomic E-state index is 0.163. The highest BCUT2D eigenvalue weighted by Crippen LogP contribution is 2.20. The third kappa shape index (κ3) is 6.28. The Hall–Kier alpha value is -2.08. The number of methoxy groups -OCH3 is 1. The molecule has 1 saturated carbocycles. The van der Waals surface area contributed by atoms with E-state index in [9.17, 15) is 9.59 Å². The number of nitrogens with one attached hydrogen (secondary N) is 2. The Morgan fingerprint density at radius 2 is 1.91 bits per heavy atom. The van der Waals surface area contributed by atoms with E-state index in [-0.39, 0.29) is 24.7 Å². The molecule has 1 amide bonds. The van der Waals surface area contributed by atoms with E-state index in [1.807, 2.05) is 30.3 Å². The number of amides is 1. The van der Waals surface area contributed by atoms with Gasteiger partial charge in [-0.05, 0) is 31.4 Å². The summed E-state index contributed by atoms with van der Waals surface area (Å²) >= 11 is 0. The first-order chi connectivity index (χ1) is 11.2. The van der Waals surface area contributed by atoms with Crippen molar-refractivity contribution in [3.63, 3.8) is 0 Å². The van der Waals surface area contributed by atoms with Crippen LogP contribution in [0.5, 0.6) is 0 Å². The second-order valence-electron chi connectivity index (χ2n) is 5.71. The van der Waals surface area contributed by atoms with Crippen molar-refractivity contribution in [1.29, 1.82) is 0 Å². The molecule has 0 aromatic heterocycles. The van der Waals surface area contributed by atoms with Gasteiger partial charge < -0.3 is 20.1 Å². The second kappa shape index (κ2) is 9.15. The van der Waals surface area contributed by atoms with Gasteiger partial charge in [-0.2, -0.15) is 0 Å². The number of hydrogen-bond donors (Lipinski definition) is 2. The topological polar surface area (TPSA) is 76.7 Å². The number of hydrogen-bond acceptors (Lipinski definition) is 5. The summed E-state index contributed by atoms with van der Waals surface area (Å²) in [4.78, 5) is 22.7. The Morgan fingerprint density at radius 3 is 2.61 bits per heavy atom. The predicted molar refractivity (Wildman–Crippen MR) is 85.8 cm³/mol. The number of alkyl carbamates (subject to hydrolysis) is 1. The number of rotatable bonds is 8. The lowest BCUT2D eigenvalue weighted by atomic mass is 9.87. The van der Waals surface area contributed by atoms with E-state index >= 15 is 0 Å². The summed E-state index contributed by atoms with van der Waals surface area (Å²) in [6.07, 6.45) is 2.60. The maximum Gasteiger partial charge on any atom is 0.407 e. The fourth-order valence-corrected chi connectivity index (χ4v) is 2.47. The Balaban J connectivity index is 1.50. The van der Waals surface area contributed by atoms with Gasteiger partial charge in [0.25, 0.3) is 0 Å². The standard InChI is InChI=1S/C17H24N2O4/c1-22-16(20)8-5-9-18-14-10-15(11-14)19-17(21)23-12-13-6-3-2-4-7-13/h2-4,6-7,14-15,18H,5,8-12H2,1H3,(H,19,21). The number of carbonyl (C=O) groups is 2. The number of benzene rings is 1. The first-order valence-corrected chi connectivity index (χ1v) is 7.95. The zero-order chi connectivity index (χ0) is 16.5. The van der Waals surface area contributed by atoms with Crippen LogP contribution in [0.1, 0.15) is 31.2 Å². The molecule has 1 aromatic carbocycles. The van der Waals surface area contributed by atoms with Gasteiger partial charge >= 0.3 is 12.1 Å². The highest BCUT2D eigenvalue weighted by Gasteiger charge is 2.30. The number of carbonyl (C=O) groups excluding carboxylic acids is 2. The molecule has 0 aliphatic heterocycles. The third-order valence-electron chi connectivity index (χ3n) is 3.89. The second-order valence-corrected chi connectivity index (χ2v) is 5.71. The van der Waals surface area contributed by atoms with Gasteiger partial charge in [0.2, 0.25) is 0 Å². The number of esters is 1. The van der Waals surface area contributed by atoms with E-state index in [1.54, 1.807) is 0 Å². The molecule has 2 N–H and O–H groups in total. The fraction of sp³-hybridized carbons (Fsp3) is 0.529. The van der Waals surface area contributed by atoms with E-state index in [0.717, 1.165) is 31.4 Å². The Kier molecular flexibility index (Phi) is 6.87. The minimum atomic E-state index is -0.372. The van der Waals surface area contributed by atoms with Crippen LogP contribution < -0.4 is 10.6 Å². The van der Waals surface area contributed by atoms with Gasteiger partial charge in [0, 0.05) is 18.5 Å². The summed E-state index contributed by atoms with van der Waals surface area (Å²) in [7, 11) is 1.40. The Bertz CT molecular complexity index is 501. The molecule has 0 bridgehead atoms. The molecule has 0 saturated heterocycles. The van der Waals surface area contributed by atoms with Crippen LogP contribution >= 0.6 is 0 Å². The molecule has 23 heavy (non-hydrogen) atoms. The van der Waals surface area contributed by atoms with Crippen LogP contribution in [0.25, 0.3) is 0 Å².